The predicted molar refractivity (Wildman–Crippen MR) is 93.0 cm³/mol. The molecule has 1 aliphatic carbocycles. The Kier molecular flexibility index (Phi) is 4.64. The van der Waals surface area contributed by atoms with Crippen molar-refractivity contribution < 1.29 is 18.0 Å². The molecule has 148 valence electrons. The van der Waals surface area contributed by atoms with Gasteiger partial charge in [-0.25, -0.2) is 9.97 Å². The summed E-state index contributed by atoms with van der Waals surface area (Å²) in [7, 11) is 0. The van der Waals surface area contributed by atoms with E-state index in [9.17, 15) is 18.0 Å². The summed E-state index contributed by atoms with van der Waals surface area (Å²) in [6.45, 7) is 4.94. The van der Waals surface area contributed by atoms with Crippen molar-refractivity contribution in [1.29, 1.82) is 0 Å². The highest BCUT2D eigenvalue weighted by Gasteiger charge is 2.42. The fourth-order valence-electron chi connectivity index (χ4n) is 4.86. The van der Waals surface area contributed by atoms with Crippen molar-refractivity contribution in [3.63, 3.8) is 0 Å². The first-order valence-corrected chi connectivity index (χ1v) is 9.71. The minimum Gasteiger partial charge on any atom is -0.342 e. The molecule has 1 unspecified atom stereocenters. The number of amides is 1. The van der Waals surface area contributed by atoms with Gasteiger partial charge >= 0.3 is 6.18 Å². The van der Waals surface area contributed by atoms with Crippen molar-refractivity contribution in [3.8, 4) is 0 Å². The van der Waals surface area contributed by atoms with Crippen molar-refractivity contribution in [2.75, 3.05) is 26.2 Å². The lowest BCUT2D eigenvalue weighted by Gasteiger charge is -2.40. The summed E-state index contributed by atoms with van der Waals surface area (Å²) in [6.07, 6.45) is -0.362. The number of alkyl halides is 3. The molecule has 27 heavy (non-hydrogen) atoms. The monoisotopic (exact) mass is 382 g/mol. The molecular weight excluding hydrogens is 357 g/mol. The van der Waals surface area contributed by atoms with Gasteiger partial charge in [0.05, 0.1) is 0 Å². The van der Waals surface area contributed by atoms with E-state index in [-0.39, 0.29) is 23.7 Å². The third-order valence-corrected chi connectivity index (χ3v) is 6.47. The van der Waals surface area contributed by atoms with Crippen LogP contribution >= 0.6 is 0 Å². The maximum absolute atomic E-state index is 13.4. The Hall–Kier alpha value is -1.70. The highest BCUT2D eigenvalue weighted by molar-refractivity contribution is 5.79. The zero-order valence-corrected chi connectivity index (χ0v) is 15.5. The van der Waals surface area contributed by atoms with E-state index >= 15 is 0 Å². The zero-order chi connectivity index (χ0) is 19.2. The number of rotatable bonds is 1. The lowest BCUT2D eigenvalue weighted by Crippen LogP contribution is -2.47. The second-order valence-electron chi connectivity index (χ2n) is 8.23. The molecular formula is C19H25F3N4O. The molecule has 0 saturated carbocycles. The normalized spacial score (nSPS) is 24.9. The van der Waals surface area contributed by atoms with Gasteiger partial charge in [0.15, 0.2) is 5.69 Å². The van der Waals surface area contributed by atoms with E-state index in [0.717, 1.165) is 32.4 Å². The van der Waals surface area contributed by atoms with Crippen LogP contribution in [0.4, 0.5) is 13.2 Å². The molecule has 1 N–H and O–H groups in total. The fraction of sp³-hybridized carbons (Fsp3) is 0.737. The van der Waals surface area contributed by atoms with Gasteiger partial charge in [-0.1, -0.05) is 0 Å². The van der Waals surface area contributed by atoms with E-state index in [1.807, 2.05) is 4.90 Å². The molecule has 1 atom stereocenters. The van der Waals surface area contributed by atoms with Crippen LogP contribution in [0.2, 0.25) is 0 Å². The quantitative estimate of drug-likeness (QED) is 0.811. The molecule has 2 aliphatic heterocycles. The molecule has 1 spiro atoms. The molecule has 5 nitrogen and oxygen atoms in total. The second-order valence-corrected chi connectivity index (χ2v) is 8.23. The van der Waals surface area contributed by atoms with E-state index in [4.69, 9.17) is 0 Å². The lowest BCUT2D eigenvalue weighted by atomic mass is 9.77. The number of nitrogens with zero attached hydrogens (tertiary/aromatic N) is 3. The van der Waals surface area contributed by atoms with Crippen LogP contribution in [0.15, 0.2) is 0 Å². The fourth-order valence-corrected chi connectivity index (χ4v) is 4.86. The van der Waals surface area contributed by atoms with Gasteiger partial charge in [-0.05, 0) is 57.4 Å². The summed E-state index contributed by atoms with van der Waals surface area (Å²) in [6, 6.07) is 0. The minimum absolute atomic E-state index is 0.00449. The first-order chi connectivity index (χ1) is 12.8. The number of fused-ring (bicyclic) bond motifs is 1. The van der Waals surface area contributed by atoms with E-state index < -0.39 is 17.8 Å². The third kappa shape index (κ3) is 3.56. The Balaban J connectivity index is 1.49. The van der Waals surface area contributed by atoms with Crippen LogP contribution in [0.3, 0.4) is 0 Å². The zero-order valence-electron chi connectivity index (χ0n) is 15.5. The molecule has 8 heteroatoms. The number of likely N-dealkylation sites (tertiary alicyclic amines) is 1. The van der Waals surface area contributed by atoms with Crippen molar-refractivity contribution >= 4 is 5.91 Å². The summed E-state index contributed by atoms with van der Waals surface area (Å²) in [5.74, 6) is -0.270. The van der Waals surface area contributed by atoms with Gasteiger partial charge in [0.25, 0.3) is 0 Å². The van der Waals surface area contributed by atoms with Gasteiger partial charge in [0, 0.05) is 36.8 Å². The lowest BCUT2D eigenvalue weighted by molar-refractivity contribution is -0.143. The minimum atomic E-state index is -4.52. The number of piperidine rings is 1. The maximum atomic E-state index is 13.4. The molecule has 2 fully saturated rings. The van der Waals surface area contributed by atoms with Gasteiger partial charge in [0.1, 0.15) is 5.82 Å². The van der Waals surface area contributed by atoms with Crippen LogP contribution in [-0.2, 0) is 23.8 Å². The summed E-state index contributed by atoms with van der Waals surface area (Å²) >= 11 is 0. The summed E-state index contributed by atoms with van der Waals surface area (Å²) < 4.78 is 40.2. The highest BCUT2D eigenvalue weighted by Crippen LogP contribution is 2.39. The second kappa shape index (κ2) is 6.72. The van der Waals surface area contributed by atoms with Crippen molar-refractivity contribution in [3.05, 3.63) is 22.8 Å². The first kappa shape index (κ1) is 18.7. The van der Waals surface area contributed by atoms with Crippen LogP contribution in [0, 0.1) is 18.3 Å². The van der Waals surface area contributed by atoms with Crippen LogP contribution in [0.25, 0.3) is 0 Å². The maximum Gasteiger partial charge on any atom is 0.433 e. The van der Waals surface area contributed by atoms with Gasteiger partial charge in [-0.15, -0.1) is 0 Å². The highest BCUT2D eigenvalue weighted by atomic mass is 19.4. The number of carbonyl (C=O) groups is 1. The molecule has 1 aromatic rings. The van der Waals surface area contributed by atoms with Crippen LogP contribution in [0.5, 0.6) is 0 Å². The topological polar surface area (TPSA) is 58.1 Å². The number of hydrogen-bond donors (Lipinski definition) is 1. The Morgan fingerprint density at radius 2 is 1.96 bits per heavy atom. The average molecular weight is 382 g/mol. The largest absolute Gasteiger partial charge is 0.433 e. The van der Waals surface area contributed by atoms with Crippen LogP contribution in [-0.4, -0.2) is 47.0 Å². The molecule has 4 rings (SSSR count). The molecule has 3 heterocycles. The van der Waals surface area contributed by atoms with E-state index in [2.05, 4.69) is 15.3 Å². The van der Waals surface area contributed by atoms with E-state index in [1.54, 1.807) is 0 Å². The van der Waals surface area contributed by atoms with E-state index in [0.29, 0.717) is 37.0 Å². The van der Waals surface area contributed by atoms with Crippen molar-refractivity contribution in [1.82, 2.24) is 20.2 Å². The molecule has 0 aromatic carbocycles. The predicted octanol–water partition coefficient (Wildman–Crippen LogP) is 2.51. The molecule has 1 aromatic heterocycles. The average Bonchev–Trinajstić information content (AvgIpc) is 3.08. The molecule has 2 saturated heterocycles. The Morgan fingerprint density at radius 3 is 2.59 bits per heavy atom. The smallest absolute Gasteiger partial charge is 0.342 e. The van der Waals surface area contributed by atoms with E-state index in [1.165, 1.54) is 6.92 Å². The molecule has 1 amide bonds. The number of aryl methyl sites for hydroxylation is 2. The van der Waals surface area contributed by atoms with Crippen LogP contribution in [0.1, 0.15) is 48.5 Å². The number of hydrogen-bond acceptors (Lipinski definition) is 4. The SMILES string of the molecule is Cc1nc2c(c(C(F)(F)F)n1)CC(C(=O)N1CCC3(CCNC3)CC1)CC2. The summed E-state index contributed by atoms with van der Waals surface area (Å²) in [5, 5.41) is 3.40. The Labute approximate surface area is 156 Å². The van der Waals surface area contributed by atoms with Crippen LogP contribution < -0.4 is 5.32 Å². The Bertz CT molecular complexity index is 733. The molecule has 0 radical (unpaired) electrons. The number of aromatic nitrogens is 2. The number of carbonyl (C=O) groups excluding carboxylic acids is 1. The van der Waals surface area contributed by atoms with Crippen molar-refractivity contribution in [2.24, 2.45) is 11.3 Å². The summed E-state index contributed by atoms with van der Waals surface area (Å²) in [4.78, 5) is 22.7. The number of halogens is 3. The van der Waals surface area contributed by atoms with Gasteiger partial charge in [-0.3, -0.25) is 4.79 Å². The van der Waals surface area contributed by atoms with Gasteiger partial charge in [0.2, 0.25) is 5.91 Å². The molecule has 3 aliphatic rings. The van der Waals surface area contributed by atoms with Crippen molar-refractivity contribution in [2.45, 2.75) is 51.6 Å². The van der Waals surface area contributed by atoms with Gasteiger partial charge in [-0.2, -0.15) is 13.2 Å². The third-order valence-electron chi connectivity index (χ3n) is 6.47. The summed E-state index contributed by atoms with van der Waals surface area (Å²) in [5.41, 5.74) is 0.0157. The number of nitrogens with one attached hydrogen (secondary N) is 1. The Morgan fingerprint density at radius 1 is 1.22 bits per heavy atom. The van der Waals surface area contributed by atoms with Gasteiger partial charge < -0.3 is 10.2 Å². The molecule has 0 bridgehead atoms. The first-order valence-electron chi connectivity index (χ1n) is 9.71. The standard InChI is InChI=1S/C19H25F3N4O/c1-12-24-15-3-2-13(10-14(15)16(25-12)19(20,21)22)17(27)26-8-5-18(6-9-26)4-7-23-11-18/h13,23H,2-11H2,1H3.